The lowest BCUT2D eigenvalue weighted by atomic mass is 9.94. The zero-order valence-electron chi connectivity index (χ0n) is 11.0. The predicted octanol–water partition coefficient (Wildman–Crippen LogP) is 2.06. The van der Waals surface area contributed by atoms with E-state index in [-0.39, 0.29) is 23.1 Å². The van der Waals surface area contributed by atoms with E-state index in [9.17, 15) is 4.79 Å². The predicted molar refractivity (Wildman–Crippen MR) is 78.1 cm³/mol. The van der Waals surface area contributed by atoms with Gasteiger partial charge >= 0.3 is 0 Å². The number of nitrogens with one attached hydrogen (secondary N) is 2. The molecule has 102 valence electrons. The minimum atomic E-state index is 0. The fourth-order valence-electron chi connectivity index (χ4n) is 1.80. The third-order valence-corrected chi connectivity index (χ3v) is 4.45. The molecule has 0 unspecified atom stereocenters. The van der Waals surface area contributed by atoms with Crippen LogP contribution in [0.4, 0.5) is 0 Å². The molecule has 0 saturated carbocycles. The maximum Gasteiger partial charge on any atom is 0.220 e. The number of amides is 1. The van der Waals surface area contributed by atoms with Crippen molar-refractivity contribution in [1.82, 2.24) is 10.6 Å². The molecule has 5 heteroatoms. The van der Waals surface area contributed by atoms with Gasteiger partial charge in [-0.15, -0.1) is 12.4 Å². The summed E-state index contributed by atoms with van der Waals surface area (Å²) in [6, 6.07) is 0. The number of hydrogen-bond donors (Lipinski definition) is 2. The summed E-state index contributed by atoms with van der Waals surface area (Å²) in [5.74, 6) is 0.799. The molecule has 1 saturated heterocycles. The normalized spacial score (nSPS) is 17.4. The highest BCUT2D eigenvalue weighted by atomic mass is 35.5. The number of rotatable bonds is 5. The third-order valence-electron chi connectivity index (χ3n) is 3.20. The summed E-state index contributed by atoms with van der Waals surface area (Å²) in [6.07, 6.45) is 5.06. The fraction of sp³-hybridized carbons (Fsp3) is 0.917. The Morgan fingerprint density at radius 2 is 2.00 bits per heavy atom. The average molecular weight is 281 g/mol. The second-order valence-electron chi connectivity index (χ2n) is 5.14. The van der Waals surface area contributed by atoms with Crippen molar-refractivity contribution in [2.24, 2.45) is 5.92 Å². The van der Waals surface area contributed by atoms with Crippen molar-refractivity contribution in [3.05, 3.63) is 0 Å². The van der Waals surface area contributed by atoms with Gasteiger partial charge in [0.1, 0.15) is 0 Å². The van der Waals surface area contributed by atoms with E-state index in [1.165, 1.54) is 0 Å². The number of thioether (sulfide) groups is 1. The van der Waals surface area contributed by atoms with Gasteiger partial charge in [0.2, 0.25) is 5.91 Å². The lowest BCUT2D eigenvalue weighted by Crippen LogP contribution is -2.38. The summed E-state index contributed by atoms with van der Waals surface area (Å²) >= 11 is 1.79. The van der Waals surface area contributed by atoms with Crippen LogP contribution in [-0.2, 0) is 4.79 Å². The van der Waals surface area contributed by atoms with E-state index in [2.05, 4.69) is 30.7 Å². The van der Waals surface area contributed by atoms with Crippen LogP contribution in [0, 0.1) is 5.92 Å². The van der Waals surface area contributed by atoms with Gasteiger partial charge in [-0.1, -0.05) is 0 Å². The fourth-order valence-corrected chi connectivity index (χ4v) is 2.02. The molecule has 0 bridgehead atoms. The maximum atomic E-state index is 11.7. The van der Waals surface area contributed by atoms with E-state index in [1.54, 1.807) is 11.8 Å². The summed E-state index contributed by atoms with van der Waals surface area (Å²) in [7, 11) is 0. The highest BCUT2D eigenvalue weighted by Crippen LogP contribution is 2.20. The summed E-state index contributed by atoms with van der Waals surface area (Å²) in [5, 5.41) is 6.36. The van der Waals surface area contributed by atoms with Crippen LogP contribution in [0.1, 0.15) is 33.1 Å². The third kappa shape index (κ3) is 7.17. The first-order valence-electron chi connectivity index (χ1n) is 6.06. The van der Waals surface area contributed by atoms with Crippen LogP contribution in [0.2, 0.25) is 0 Å². The minimum absolute atomic E-state index is 0. The van der Waals surface area contributed by atoms with Crippen molar-refractivity contribution in [2.45, 2.75) is 37.9 Å². The second kappa shape index (κ2) is 8.22. The Bertz CT molecular complexity index is 231. The highest BCUT2D eigenvalue weighted by molar-refractivity contribution is 7.99. The van der Waals surface area contributed by atoms with Crippen molar-refractivity contribution in [1.29, 1.82) is 0 Å². The van der Waals surface area contributed by atoms with Crippen molar-refractivity contribution in [3.63, 3.8) is 0 Å². The summed E-state index contributed by atoms with van der Waals surface area (Å²) < 4.78 is 0.143. The average Bonchev–Trinajstić information content (AvgIpc) is 2.28. The largest absolute Gasteiger partial charge is 0.355 e. The zero-order chi connectivity index (χ0) is 12.0. The number of carbonyl (C=O) groups is 1. The zero-order valence-corrected chi connectivity index (χ0v) is 12.7. The SMILES string of the molecule is CSC(C)(C)CNC(=O)CC1CCNCC1.Cl. The molecular formula is C12H25ClN2OS. The summed E-state index contributed by atoms with van der Waals surface area (Å²) in [4.78, 5) is 11.7. The molecule has 1 fully saturated rings. The van der Waals surface area contributed by atoms with Gasteiger partial charge < -0.3 is 10.6 Å². The van der Waals surface area contributed by atoms with E-state index in [0.29, 0.717) is 12.3 Å². The molecule has 1 aliphatic rings. The Hall–Kier alpha value is 0.0700. The van der Waals surface area contributed by atoms with Crippen LogP contribution in [0.3, 0.4) is 0 Å². The smallest absolute Gasteiger partial charge is 0.220 e. The molecule has 1 heterocycles. The molecule has 0 aromatic carbocycles. The van der Waals surface area contributed by atoms with Crippen LogP contribution in [0.5, 0.6) is 0 Å². The molecule has 1 amide bonds. The Labute approximate surface area is 115 Å². The van der Waals surface area contributed by atoms with E-state index in [4.69, 9.17) is 0 Å². The molecule has 0 atom stereocenters. The topological polar surface area (TPSA) is 41.1 Å². The molecule has 17 heavy (non-hydrogen) atoms. The molecular weight excluding hydrogens is 256 g/mol. The Kier molecular flexibility index (Phi) is 8.25. The number of piperidine rings is 1. The monoisotopic (exact) mass is 280 g/mol. The van der Waals surface area contributed by atoms with Crippen molar-refractivity contribution < 1.29 is 4.79 Å². The van der Waals surface area contributed by atoms with Gasteiger partial charge in [-0.25, -0.2) is 0 Å². The lowest BCUT2D eigenvalue weighted by molar-refractivity contribution is -0.122. The van der Waals surface area contributed by atoms with Crippen LogP contribution < -0.4 is 10.6 Å². The quantitative estimate of drug-likeness (QED) is 0.810. The van der Waals surface area contributed by atoms with Gasteiger partial charge in [0.05, 0.1) is 0 Å². The van der Waals surface area contributed by atoms with Crippen LogP contribution >= 0.6 is 24.2 Å². The minimum Gasteiger partial charge on any atom is -0.355 e. The maximum absolute atomic E-state index is 11.7. The van der Waals surface area contributed by atoms with E-state index >= 15 is 0 Å². The van der Waals surface area contributed by atoms with Gasteiger partial charge in [0, 0.05) is 17.7 Å². The Morgan fingerprint density at radius 3 is 2.53 bits per heavy atom. The van der Waals surface area contributed by atoms with Crippen LogP contribution in [-0.4, -0.2) is 36.5 Å². The van der Waals surface area contributed by atoms with Crippen LogP contribution in [0.15, 0.2) is 0 Å². The Morgan fingerprint density at radius 1 is 1.41 bits per heavy atom. The first-order chi connectivity index (χ1) is 7.53. The standard InChI is InChI=1S/C12H24N2OS.ClH/c1-12(2,16-3)9-14-11(15)8-10-4-6-13-7-5-10;/h10,13H,4-9H2,1-3H3,(H,14,15);1H. The van der Waals surface area contributed by atoms with Crippen molar-refractivity contribution in [3.8, 4) is 0 Å². The van der Waals surface area contributed by atoms with Crippen molar-refractivity contribution >= 4 is 30.1 Å². The van der Waals surface area contributed by atoms with Gasteiger partial charge in [0.25, 0.3) is 0 Å². The Balaban J connectivity index is 0.00000256. The first kappa shape index (κ1) is 17.1. The summed E-state index contributed by atoms with van der Waals surface area (Å²) in [6.45, 7) is 7.20. The number of halogens is 1. The van der Waals surface area contributed by atoms with E-state index < -0.39 is 0 Å². The van der Waals surface area contributed by atoms with Gasteiger partial charge in [-0.2, -0.15) is 11.8 Å². The number of carbonyl (C=O) groups excluding carboxylic acids is 1. The molecule has 0 radical (unpaired) electrons. The van der Waals surface area contributed by atoms with E-state index in [1.807, 2.05) is 0 Å². The molecule has 0 aliphatic carbocycles. The van der Waals surface area contributed by atoms with Gasteiger partial charge in [-0.3, -0.25) is 4.79 Å². The molecule has 3 nitrogen and oxygen atoms in total. The molecule has 2 N–H and O–H groups in total. The number of hydrogen-bond acceptors (Lipinski definition) is 3. The lowest BCUT2D eigenvalue weighted by Gasteiger charge is -2.25. The molecule has 0 spiro atoms. The highest BCUT2D eigenvalue weighted by Gasteiger charge is 2.20. The van der Waals surface area contributed by atoms with Crippen LogP contribution in [0.25, 0.3) is 0 Å². The van der Waals surface area contributed by atoms with E-state index in [0.717, 1.165) is 32.5 Å². The molecule has 0 aromatic heterocycles. The molecule has 1 aliphatic heterocycles. The van der Waals surface area contributed by atoms with Gasteiger partial charge in [-0.05, 0) is 52.0 Å². The second-order valence-corrected chi connectivity index (χ2v) is 6.65. The molecule has 0 aromatic rings. The van der Waals surface area contributed by atoms with Gasteiger partial charge in [0.15, 0.2) is 0 Å². The van der Waals surface area contributed by atoms with Crippen molar-refractivity contribution in [2.75, 3.05) is 25.9 Å². The summed E-state index contributed by atoms with van der Waals surface area (Å²) in [5.41, 5.74) is 0. The molecule has 1 rings (SSSR count). The first-order valence-corrected chi connectivity index (χ1v) is 7.28.